The fraction of sp³-hybridized carbons (Fsp3) is 0.400. The quantitative estimate of drug-likeness (QED) is 0.799. The van der Waals surface area contributed by atoms with Crippen molar-refractivity contribution in [2.24, 2.45) is 0 Å². The molecule has 3 amide bonds. The number of anilines is 1. The maximum atomic E-state index is 11.9. The zero-order chi connectivity index (χ0) is 16.1. The molecule has 0 unspecified atom stereocenters. The van der Waals surface area contributed by atoms with E-state index in [1.807, 2.05) is 0 Å². The molecule has 0 saturated carbocycles. The van der Waals surface area contributed by atoms with Crippen molar-refractivity contribution in [1.82, 2.24) is 10.2 Å². The van der Waals surface area contributed by atoms with E-state index in [1.165, 1.54) is 4.90 Å². The van der Waals surface area contributed by atoms with Gasteiger partial charge in [0, 0.05) is 18.8 Å². The highest BCUT2D eigenvalue weighted by Crippen LogP contribution is 2.11. The van der Waals surface area contributed by atoms with Gasteiger partial charge >= 0.3 is 12.0 Å². The van der Waals surface area contributed by atoms with Gasteiger partial charge in [0.1, 0.15) is 0 Å². The molecular formula is C15H19N3O4. The third-order valence-electron chi connectivity index (χ3n) is 3.06. The number of carbonyl (C=O) groups excluding carboxylic acids is 3. The van der Waals surface area contributed by atoms with E-state index in [2.05, 4.69) is 10.6 Å². The Balaban J connectivity index is 1.87. The Morgan fingerprint density at radius 1 is 1.32 bits per heavy atom. The standard InChI is InChI=1S/C15H19N3O4/c1-10(2)22-14(20)11-3-5-12(6-4-11)17-9-13(19)18-8-7-16-15(18)21/h3-6,10,17H,7-9H2,1-2H3,(H,16,21). The monoisotopic (exact) mass is 305 g/mol. The van der Waals surface area contributed by atoms with Crippen molar-refractivity contribution in [2.45, 2.75) is 20.0 Å². The minimum absolute atomic E-state index is 0.0171. The van der Waals surface area contributed by atoms with Crippen molar-refractivity contribution in [3.05, 3.63) is 29.8 Å². The number of hydrogen-bond donors (Lipinski definition) is 2. The lowest BCUT2D eigenvalue weighted by Gasteiger charge is -2.13. The minimum Gasteiger partial charge on any atom is -0.459 e. The average molecular weight is 305 g/mol. The van der Waals surface area contributed by atoms with Crippen molar-refractivity contribution < 1.29 is 19.1 Å². The molecule has 1 aliphatic rings. The molecular weight excluding hydrogens is 286 g/mol. The molecule has 0 spiro atoms. The zero-order valence-electron chi connectivity index (χ0n) is 12.6. The maximum Gasteiger partial charge on any atom is 0.338 e. The highest BCUT2D eigenvalue weighted by Gasteiger charge is 2.25. The molecule has 0 aromatic heterocycles. The fourth-order valence-corrected chi connectivity index (χ4v) is 1.99. The number of carbonyl (C=O) groups is 3. The van der Waals surface area contributed by atoms with E-state index in [0.717, 1.165) is 0 Å². The first-order valence-electron chi connectivity index (χ1n) is 7.10. The first kappa shape index (κ1) is 15.8. The summed E-state index contributed by atoms with van der Waals surface area (Å²) in [6, 6.07) is 6.27. The third kappa shape index (κ3) is 3.97. The van der Waals surface area contributed by atoms with Gasteiger partial charge in [-0.05, 0) is 38.1 Å². The van der Waals surface area contributed by atoms with Crippen LogP contribution < -0.4 is 10.6 Å². The Kier molecular flexibility index (Phi) is 4.98. The van der Waals surface area contributed by atoms with Gasteiger partial charge in [0.25, 0.3) is 0 Å². The van der Waals surface area contributed by atoms with Crippen LogP contribution in [0.2, 0.25) is 0 Å². The Morgan fingerprint density at radius 2 is 2.00 bits per heavy atom. The molecule has 2 rings (SSSR count). The SMILES string of the molecule is CC(C)OC(=O)c1ccc(NCC(=O)N2CCNC2=O)cc1. The van der Waals surface area contributed by atoms with E-state index >= 15 is 0 Å². The molecule has 0 radical (unpaired) electrons. The van der Waals surface area contributed by atoms with Crippen LogP contribution in [0.25, 0.3) is 0 Å². The lowest BCUT2D eigenvalue weighted by atomic mass is 10.2. The van der Waals surface area contributed by atoms with Crippen LogP contribution in [0.15, 0.2) is 24.3 Å². The van der Waals surface area contributed by atoms with Gasteiger partial charge in [-0.2, -0.15) is 0 Å². The van der Waals surface area contributed by atoms with Gasteiger partial charge < -0.3 is 15.4 Å². The predicted octanol–water partition coefficient (Wildman–Crippen LogP) is 1.22. The van der Waals surface area contributed by atoms with Gasteiger partial charge in [-0.15, -0.1) is 0 Å². The molecule has 1 aliphatic heterocycles. The number of nitrogens with one attached hydrogen (secondary N) is 2. The first-order chi connectivity index (χ1) is 10.5. The van der Waals surface area contributed by atoms with Crippen molar-refractivity contribution in [2.75, 3.05) is 25.0 Å². The molecule has 0 atom stereocenters. The highest BCUT2D eigenvalue weighted by molar-refractivity contribution is 5.97. The Hall–Kier alpha value is -2.57. The van der Waals surface area contributed by atoms with Crippen molar-refractivity contribution in [3.63, 3.8) is 0 Å². The minimum atomic E-state index is -0.383. The van der Waals surface area contributed by atoms with Crippen LogP contribution in [0.1, 0.15) is 24.2 Å². The molecule has 1 saturated heterocycles. The number of esters is 1. The summed E-state index contributed by atoms with van der Waals surface area (Å²) in [5, 5.41) is 5.50. The molecule has 1 heterocycles. The normalized spacial score (nSPS) is 14.0. The lowest BCUT2D eigenvalue weighted by molar-refractivity contribution is -0.125. The summed E-state index contributed by atoms with van der Waals surface area (Å²) >= 11 is 0. The summed E-state index contributed by atoms with van der Waals surface area (Å²) < 4.78 is 5.09. The van der Waals surface area contributed by atoms with Gasteiger partial charge in [-0.1, -0.05) is 0 Å². The van der Waals surface area contributed by atoms with E-state index in [-0.39, 0.29) is 30.6 Å². The maximum absolute atomic E-state index is 11.9. The molecule has 22 heavy (non-hydrogen) atoms. The second kappa shape index (κ2) is 6.93. The number of benzene rings is 1. The van der Waals surface area contributed by atoms with Crippen LogP contribution in [0.4, 0.5) is 10.5 Å². The van der Waals surface area contributed by atoms with E-state index in [4.69, 9.17) is 4.74 Å². The van der Waals surface area contributed by atoms with Crippen LogP contribution >= 0.6 is 0 Å². The second-order valence-electron chi connectivity index (χ2n) is 5.16. The Labute approximate surface area is 128 Å². The van der Waals surface area contributed by atoms with Crippen molar-refractivity contribution in [1.29, 1.82) is 0 Å². The summed E-state index contributed by atoms with van der Waals surface area (Å²) in [7, 11) is 0. The van der Waals surface area contributed by atoms with Crippen LogP contribution in [-0.2, 0) is 9.53 Å². The van der Waals surface area contributed by atoms with Crippen LogP contribution in [0.5, 0.6) is 0 Å². The number of imide groups is 1. The summed E-state index contributed by atoms with van der Waals surface area (Å²) in [6.45, 7) is 4.46. The summed E-state index contributed by atoms with van der Waals surface area (Å²) in [5.74, 6) is -0.676. The largest absolute Gasteiger partial charge is 0.459 e. The van der Waals surface area contributed by atoms with Crippen LogP contribution in [-0.4, -0.2) is 48.5 Å². The molecule has 0 aliphatic carbocycles. The number of rotatable bonds is 5. The molecule has 7 nitrogen and oxygen atoms in total. The summed E-state index contributed by atoms with van der Waals surface area (Å²) in [6.07, 6.45) is -0.172. The van der Waals surface area contributed by atoms with Crippen LogP contribution in [0, 0.1) is 0 Å². The highest BCUT2D eigenvalue weighted by atomic mass is 16.5. The molecule has 0 bridgehead atoms. The Morgan fingerprint density at radius 3 is 2.55 bits per heavy atom. The number of hydrogen-bond acceptors (Lipinski definition) is 5. The van der Waals surface area contributed by atoms with Gasteiger partial charge in [-0.3, -0.25) is 9.69 Å². The molecule has 1 aromatic carbocycles. The number of urea groups is 1. The molecule has 1 fully saturated rings. The average Bonchev–Trinajstić information content (AvgIpc) is 2.91. The van der Waals surface area contributed by atoms with Crippen molar-refractivity contribution in [3.8, 4) is 0 Å². The van der Waals surface area contributed by atoms with E-state index < -0.39 is 0 Å². The van der Waals surface area contributed by atoms with E-state index in [0.29, 0.717) is 24.3 Å². The number of nitrogens with zero attached hydrogens (tertiary/aromatic N) is 1. The molecule has 7 heteroatoms. The van der Waals surface area contributed by atoms with E-state index in [1.54, 1.807) is 38.1 Å². The summed E-state index contributed by atoms with van der Waals surface area (Å²) in [4.78, 5) is 36.1. The second-order valence-corrected chi connectivity index (χ2v) is 5.16. The summed E-state index contributed by atoms with van der Waals surface area (Å²) in [5.41, 5.74) is 1.14. The first-order valence-corrected chi connectivity index (χ1v) is 7.10. The fourth-order valence-electron chi connectivity index (χ4n) is 1.99. The smallest absolute Gasteiger partial charge is 0.338 e. The van der Waals surface area contributed by atoms with Crippen LogP contribution in [0.3, 0.4) is 0 Å². The zero-order valence-corrected chi connectivity index (χ0v) is 12.6. The Bertz CT molecular complexity index is 569. The molecule has 2 N–H and O–H groups in total. The lowest BCUT2D eigenvalue weighted by Crippen LogP contribution is -2.37. The van der Waals surface area contributed by atoms with Gasteiger partial charge in [-0.25, -0.2) is 9.59 Å². The van der Waals surface area contributed by atoms with E-state index in [9.17, 15) is 14.4 Å². The van der Waals surface area contributed by atoms with Gasteiger partial charge in [0.05, 0.1) is 18.2 Å². The molecule has 118 valence electrons. The predicted molar refractivity (Wildman–Crippen MR) is 80.6 cm³/mol. The third-order valence-corrected chi connectivity index (χ3v) is 3.06. The molecule has 1 aromatic rings. The van der Waals surface area contributed by atoms with Gasteiger partial charge in [0.15, 0.2) is 0 Å². The number of amides is 3. The van der Waals surface area contributed by atoms with Gasteiger partial charge in [0.2, 0.25) is 5.91 Å². The van der Waals surface area contributed by atoms with Crippen molar-refractivity contribution >= 4 is 23.6 Å². The topological polar surface area (TPSA) is 87.7 Å². The number of ether oxygens (including phenoxy) is 1.